The maximum absolute atomic E-state index is 10.9. The van der Waals surface area contributed by atoms with Crippen LogP contribution in [-0.2, 0) is 4.79 Å². The first-order chi connectivity index (χ1) is 9.24. The molecule has 0 atom stereocenters. The van der Waals surface area contributed by atoms with E-state index in [1.807, 2.05) is 4.90 Å². The molecule has 0 amide bonds. The molecule has 0 aromatic carbocycles. The highest BCUT2D eigenvalue weighted by Gasteiger charge is 2.26. The summed E-state index contributed by atoms with van der Waals surface area (Å²) in [4.78, 5) is 17.2. The average molecular weight is 262 g/mol. The molecule has 2 N–H and O–H groups in total. The summed E-state index contributed by atoms with van der Waals surface area (Å²) < 4.78 is 5.24. The van der Waals surface area contributed by atoms with Crippen molar-refractivity contribution in [2.75, 3.05) is 18.0 Å². The Morgan fingerprint density at radius 2 is 2.26 bits per heavy atom. The molecule has 2 aromatic heterocycles. The van der Waals surface area contributed by atoms with Crippen molar-refractivity contribution < 1.29 is 14.3 Å². The second-order valence-electron chi connectivity index (χ2n) is 4.56. The molecule has 1 fully saturated rings. The largest absolute Gasteiger partial charge is 0.481 e. The van der Waals surface area contributed by atoms with Crippen molar-refractivity contribution in [1.82, 2.24) is 15.2 Å². The lowest BCUT2D eigenvalue weighted by molar-refractivity contribution is -0.142. The molecular formula is C12H14N4O3. The summed E-state index contributed by atoms with van der Waals surface area (Å²) in [6, 6.07) is 3.59. The van der Waals surface area contributed by atoms with Gasteiger partial charge in [0.2, 0.25) is 5.95 Å². The lowest BCUT2D eigenvalue weighted by Gasteiger charge is -2.28. The Labute approximate surface area is 109 Å². The fourth-order valence-corrected chi connectivity index (χ4v) is 2.24. The minimum atomic E-state index is -0.717. The molecule has 3 rings (SSSR count). The second kappa shape index (κ2) is 4.75. The van der Waals surface area contributed by atoms with Crippen molar-refractivity contribution >= 4 is 11.9 Å². The number of nitrogens with zero attached hydrogens (tertiary/aromatic N) is 3. The number of carboxylic acids is 1. The molecule has 0 unspecified atom stereocenters. The summed E-state index contributed by atoms with van der Waals surface area (Å²) in [7, 11) is 0. The van der Waals surface area contributed by atoms with Crippen LogP contribution in [-0.4, -0.2) is 39.3 Å². The van der Waals surface area contributed by atoms with Crippen LogP contribution in [0.5, 0.6) is 0 Å². The van der Waals surface area contributed by atoms with Crippen LogP contribution in [0.1, 0.15) is 12.8 Å². The van der Waals surface area contributed by atoms with Crippen molar-refractivity contribution in [3.05, 3.63) is 18.4 Å². The van der Waals surface area contributed by atoms with Crippen molar-refractivity contribution in [2.24, 2.45) is 5.92 Å². The van der Waals surface area contributed by atoms with Gasteiger partial charge in [-0.2, -0.15) is 4.98 Å². The maximum Gasteiger partial charge on any atom is 0.306 e. The summed E-state index contributed by atoms with van der Waals surface area (Å²) in [5.74, 6) is 0.848. The van der Waals surface area contributed by atoms with E-state index < -0.39 is 5.97 Å². The SMILES string of the molecule is O=C(O)C1CCN(c2n[nH]c(-c3ccco3)n2)CC1. The number of nitrogens with one attached hydrogen (secondary N) is 1. The van der Waals surface area contributed by atoms with E-state index in [0.717, 1.165) is 0 Å². The van der Waals surface area contributed by atoms with E-state index >= 15 is 0 Å². The van der Waals surface area contributed by atoms with Gasteiger partial charge in [-0.3, -0.25) is 9.89 Å². The Kier molecular flexibility index (Phi) is 2.94. The quantitative estimate of drug-likeness (QED) is 0.867. The van der Waals surface area contributed by atoms with Gasteiger partial charge in [-0.05, 0) is 25.0 Å². The number of furan rings is 1. The van der Waals surface area contributed by atoms with E-state index in [1.54, 1.807) is 18.4 Å². The first-order valence-electron chi connectivity index (χ1n) is 6.18. The van der Waals surface area contributed by atoms with Crippen LogP contribution in [0.3, 0.4) is 0 Å². The number of hydrogen-bond acceptors (Lipinski definition) is 5. The number of anilines is 1. The standard InChI is InChI=1S/C12H14N4O3/c17-11(18)8-3-5-16(6-4-8)12-13-10(14-15-12)9-2-1-7-19-9/h1-2,7-8H,3-6H2,(H,17,18)(H,13,14,15). The van der Waals surface area contributed by atoms with Crippen molar-refractivity contribution in [1.29, 1.82) is 0 Å². The number of carbonyl (C=O) groups is 1. The fraction of sp³-hybridized carbons (Fsp3) is 0.417. The van der Waals surface area contributed by atoms with Gasteiger partial charge in [-0.1, -0.05) is 0 Å². The predicted molar refractivity (Wildman–Crippen MR) is 66.7 cm³/mol. The van der Waals surface area contributed by atoms with E-state index in [-0.39, 0.29) is 5.92 Å². The Balaban J connectivity index is 1.69. The second-order valence-corrected chi connectivity index (χ2v) is 4.56. The average Bonchev–Trinajstić information content (AvgIpc) is 3.10. The van der Waals surface area contributed by atoms with Crippen LogP contribution < -0.4 is 4.90 Å². The van der Waals surface area contributed by atoms with E-state index in [2.05, 4.69) is 15.2 Å². The van der Waals surface area contributed by atoms with Crippen molar-refractivity contribution in [2.45, 2.75) is 12.8 Å². The molecule has 0 saturated carbocycles. The lowest BCUT2D eigenvalue weighted by Crippen LogP contribution is -2.36. The first-order valence-corrected chi connectivity index (χ1v) is 6.18. The van der Waals surface area contributed by atoms with E-state index in [1.165, 1.54) is 0 Å². The van der Waals surface area contributed by atoms with Gasteiger partial charge in [0.05, 0.1) is 12.2 Å². The van der Waals surface area contributed by atoms with E-state index in [4.69, 9.17) is 9.52 Å². The molecule has 1 aliphatic heterocycles. The van der Waals surface area contributed by atoms with Gasteiger partial charge in [-0.15, -0.1) is 5.10 Å². The Bertz CT molecular complexity index is 555. The molecule has 0 bridgehead atoms. The molecule has 0 spiro atoms. The van der Waals surface area contributed by atoms with E-state index in [9.17, 15) is 4.79 Å². The summed E-state index contributed by atoms with van der Waals surface area (Å²) >= 11 is 0. The van der Waals surface area contributed by atoms with Crippen LogP contribution in [0.25, 0.3) is 11.6 Å². The molecular weight excluding hydrogens is 248 g/mol. The number of aromatic amines is 1. The lowest BCUT2D eigenvalue weighted by atomic mass is 9.97. The van der Waals surface area contributed by atoms with Crippen LogP contribution in [0.4, 0.5) is 5.95 Å². The number of carboxylic acid groups (broad SMARTS) is 1. The van der Waals surface area contributed by atoms with Crippen LogP contribution in [0.15, 0.2) is 22.8 Å². The van der Waals surface area contributed by atoms with Gasteiger partial charge in [0.1, 0.15) is 0 Å². The highest BCUT2D eigenvalue weighted by Crippen LogP contribution is 2.23. The summed E-state index contributed by atoms with van der Waals surface area (Å²) in [6.45, 7) is 1.32. The van der Waals surface area contributed by atoms with Crippen molar-refractivity contribution in [3.8, 4) is 11.6 Å². The van der Waals surface area contributed by atoms with Crippen molar-refractivity contribution in [3.63, 3.8) is 0 Å². The monoisotopic (exact) mass is 262 g/mol. The van der Waals surface area contributed by atoms with Crippen LogP contribution in [0, 0.1) is 5.92 Å². The highest BCUT2D eigenvalue weighted by molar-refractivity contribution is 5.70. The summed E-state index contributed by atoms with van der Waals surface area (Å²) in [5, 5.41) is 15.9. The Morgan fingerprint density at radius 1 is 1.47 bits per heavy atom. The molecule has 2 aromatic rings. The maximum atomic E-state index is 10.9. The number of piperidine rings is 1. The third kappa shape index (κ3) is 2.31. The van der Waals surface area contributed by atoms with E-state index in [0.29, 0.717) is 43.5 Å². The molecule has 0 aliphatic carbocycles. The summed E-state index contributed by atoms with van der Waals surface area (Å²) in [5.41, 5.74) is 0. The zero-order chi connectivity index (χ0) is 13.2. The molecule has 7 heteroatoms. The molecule has 0 radical (unpaired) electrons. The molecule has 1 saturated heterocycles. The van der Waals surface area contributed by atoms with Gasteiger partial charge >= 0.3 is 5.97 Å². The third-order valence-corrected chi connectivity index (χ3v) is 3.36. The minimum absolute atomic E-state index is 0.250. The number of rotatable bonds is 3. The predicted octanol–water partition coefficient (Wildman–Crippen LogP) is 1.37. The highest BCUT2D eigenvalue weighted by atomic mass is 16.4. The van der Waals surface area contributed by atoms with Gasteiger partial charge in [0, 0.05) is 13.1 Å². The normalized spacial score (nSPS) is 16.7. The fourth-order valence-electron chi connectivity index (χ4n) is 2.24. The Morgan fingerprint density at radius 3 is 2.89 bits per heavy atom. The molecule has 100 valence electrons. The van der Waals surface area contributed by atoms with Gasteiger partial charge in [0.15, 0.2) is 11.6 Å². The Hall–Kier alpha value is -2.31. The first kappa shape index (κ1) is 11.8. The van der Waals surface area contributed by atoms with Gasteiger partial charge in [-0.25, -0.2) is 0 Å². The number of hydrogen-bond donors (Lipinski definition) is 2. The molecule has 3 heterocycles. The number of aliphatic carboxylic acids is 1. The van der Waals surface area contributed by atoms with Gasteiger partial charge < -0.3 is 14.4 Å². The van der Waals surface area contributed by atoms with Gasteiger partial charge in [0.25, 0.3) is 0 Å². The number of H-pyrrole nitrogens is 1. The molecule has 1 aliphatic rings. The zero-order valence-corrected chi connectivity index (χ0v) is 10.2. The third-order valence-electron chi connectivity index (χ3n) is 3.36. The summed E-state index contributed by atoms with van der Waals surface area (Å²) in [6.07, 6.45) is 2.83. The minimum Gasteiger partial charge on any atom is -0.481 e. The molecule has 7 nitrogen and oxygen atoms in total. The smallest absolute Gasteiger partial charge is 0.306 e. The number of aromatic nitrogens is 3. The topological polar surface area (TPSA) is 95.2 Å². The van der Waals surface area contributed by atoms with Crippen LogP contribution in [0.2, 0.25) is 0 Å². The zero-order valence-electron chi connectivity index (χ0n) is 10.2. The van der Waals surface area contributed by atoms with Crippen LogP contribution >= 0.6 is 0 Å². The molecule has 19 heavy (non-hydrogen) atoms.